The smallest absolute Gasteiger partial charge is 0.319 e. The number of hydrogen-bond donors (Lipinski definition) is 2. The molecule has 1 heterocycles. The van der Waals surface area contributed by atoms with Crippen LogP contribution in [0.1, 0.15) is 20.3 Å². The molecule has 0 aliphatic heterocycles. The minimum atomic E-state index is -0.728. The van der Waals surface area contributed by atoms with E-state index in [-0.39, 0.29) is 6.42 Å². The number of nitrogens with one attached hydrogen (secondary N) is 2. The van der Waals surface area contributed by atoms with Gasteiger partial charge in [0.1, 0.15) is 6.61 Å². The second kappa shape index (κ2) is 8.94. The first-order valence-electron chi connectivity index (χ1n) is 7.10. The van der Waals surface area contributed by atoms with Crippen molar-refractivity contribution in [3.63, 3.8) is 0 Å². The van der Waals surface area contributed by atoms with Crippen molar-refractivity contribution >= 4 is 17.7 Å². The maximum atomic E-state index is 11.9. The van der Waals surface area contributed by atoms with Crippen molar-refractivity contribution in [2.24, 2.45) is 0 Å². The molecule has 0 bridgehead atoms. The zero-order valence-corrected chi connectivity index (χ0v) is 13.8. The molecule has 0 spiro atoms. The molecule has 0 atom stereocenters. The first kappa shape index (κ1) is 18.7. The molecule has 128 valence electrons. The number of nitrogens with zero attached hydrogens (tertiary/aromatic N) is 1. The lowest BCUT2D eigenvalue weighted by molar-refractivity contribution is -0.141. The van der Waals surface area contributed by atoms with Crippen molar-refractivity contribution in [3.05, 3.63) is 18.3 Å². The van der Waals surface area contributed by atoms with Gasteiger partial charge in [0.05, 0.1) is 32.0 Å². The number of aromatic nitrogens is 1. The van der Waals surface area contributed by atoms with E-state index in [0.717, 1.165) is 0 Å². The van der Waals surface area contributed by atoms with Gasteiger partial charge in [-0.25, -0.2) is 9.78 Å². The van der Waals surface area contributed by atoms with Gasteiger partial charge in [-0.15, -0.1) is 0 Å². The van der Waals surface area contributed by atoms with Crippen molar-refractivity contribution in [3.8, 4) is 5.88 Å². The highest BCUT2D eigenvalue weighted by atomic mass is 16.5. The number of amides is 2. The van der Waals surface area contributed by atoms with Crippen LogP contribution in [0.2, 0.25) is 0 Å². The van der Waals surface area contributed by atoms with Crippen LogP contribution in [0.25, 0.3) is 0 Å². The van der Waals surface area contributed by atoms with Crippen molar-refractivity contribution < 1.29 is 23.8 Å². The lowest BCUT2D eigenvalue weighted by atomic mass is 10.0. The first-order chi connectivity index (χ1) is 10.9. The lowest BCUT2D eigenvalue weighted by Crippen LogP contribution is -2.47. The van der Waals surface area contributed by atoms with Crippen LogP contribution in [0.15, 0.2) is 18.3 Å². The number of urea groups is 1. The number of methoxy groups -OCH3 is 2. The average Bonchev–Trinajstić information content (AvgIpc) is 2.48. The topological polar surface area (TPSA) is 98.8 Å². The third-order valence-electron chi connectivity index (χ3n) is 2.80. The third-order valence-corrected chi connectivity index (χ3v) is 2.80. The first-order valence-corrected chi connectivity index (χ1v) is 7.10. The van der Waals surface area contributed by atoms with Crippen LogP contribution >= 0.6 is 0 Å². The fourth-order valence-electron chi connectivity index (χ4n) is 1.72. The summed E-state index contributed by atoms with van der Waals surface area (Å²) in [7, 11) is 2.89. The van der Waals surface area contributed by atoms with Crippen LogP contribution in [0, 0.1) is 0 Å². The molecule has 0 saturated carbocycles. The van der Waals surface area contributed by atoms with Crippen molar-refractivity contribution in [1.29, 1.82) is 0 Å². The monoisotopic (exact) mass is 325 g/mol. The average molecular weight is 325 g/mol. The van der Waals surface area contributed by atoms with Crippen LogP contribution in [0.4, 0.5) is 10.5 Å². The summed E-state index contributed by atoms with van der Waals surface area (Å²) in [6, 6.07) is 2.88. The van der Waals surface area contributed by atoms with Crippen LogP contribution in [-0.4, -0.2) is 50.0 Å². The van der Waals surface area contributed by atoms with Gasteiger partial charge < -0.3 is 24.8 Å². The van der Waals surface area contributed by atoms with Crippen LogP contribution < -0.4 is 15.4 Å². The largest absolute Gasteiger partial charge is 0.475 e. The van der Waals surface area contributed by atoms with Crippen molar-refractivity contribution in [2.45, 2.75) is 25.8 Å². The van der Waals surface area contributed by atoms with E-state index in [9.17, 15) is 9.59 Å². The van der Waals surface area contributed by atoms with Gasteiger partial charge >= 0.3 is 12.0 Å². The molecule has 0 saturated heterocycles. The Bertz CT molecular complexity index is 516. The third kappa shape index (κ3) is 7.46. The fraction of sp³-hybridized carbons (Fsp3) is 0.533. The van der Waals surface area contributed by atoms with E-state index < -0.39 is 17.5 Å². The van der Waals surface area contributed by atoms with E-state index in [1.807, 2.05) is 0 Å². The normalized spacial score (nSPS) is 10.8. The van der Waals surface area contributed by atoms with Gasteiger partial charge in [-0.3, -0.25) is 4.79 Å². The number of esters is 1. The van der Waals surface area contributed by atoms with E-state index in [1.165, 1.54) is 13.3 Å². The highest BCUT2D eigenvalue weighted by Gasteiger charge is 2.24. The number of hydrogen-bond acceptors (Lipinski definition) is 6. The van der Waals surface area contributed by atoms with Gasteiger partial charge in [0, 0.05) is 18.7 Å². The van der Waals surface area contributed by atoms with E-state index in [4.69, 9.17) is 9.47 Å². The summed E-state index contributed by atoms with van der Waals surface area (Å²) < 4.78 is 14.8. The zero-order chi connectivity index (χ0) is 17.3. The van der Waals surface area contributed by atoms with Crippen LogP contribution in [-0.2, 0) is 14.3 Å². The van der Waals surface area contributed by atoms with Gasteiger partial charge in [0.15, 0.2) is 0 Å². The van der Waals surface area contributed by atoms with Crippen molar-refractivity contribution in [2.75, 3.05) is 32.8 Å². The molecule has 0 fully saturated rings. The fourth-order valence-corrected chi connectivity index (χ4v) is 1.72. The minimum absolute atomic E-state index is 0.0709. The van der Waals surface area contributed by atoms with Crippen molar-refractivity contribution in [1.82, 2.24) is 10.3 Å². The Balaban J connectivity index is 2.49. The molecule has 8 nitrogen and oxygen atoms in total. The number of pyridine rings is 1. The number of ether oxygens (including phenoxy) is 3. The van der Waals surface area contributed by atoms with E-state index in [2.05, 4.69) is 20.4 Å². The molecule has 23 heavy (non-hydrogen) atoms. The Morgan fingerprint density at radius 1 is 1.22 bits per heavy atom. The summed E-state index contributed by atoms with van der Waals surface area (Å²) in [4.78, 5) is 27.3. The molecular formula is C15H23N3O5. The van der Waals surface area contributed by atoms with E-state index in [0.29, 0.717) is 24.8 Å². The number of anilines is 1. The molecule has 0 unspecified atom stereocenters. The summed E-state index contributed by atoms with van der Waals surface area (Å²) in [6.07, 6.45) is 1.55. The molecule has 1 rings (SSSR count). The van der Waals surface area contributed by atoms with Gasteiger partial charge in [0.25, 0.3) is 0 Å². The summed E-state index contributed by atoms with van der Waals surface area (Å²) >= 11 is 0. The number of carbonyl (C=O) groups is 2. The molecule has 0 aliphatic rings. The molecule has 2 amide bonds. The molecule has 0 radical (unpaired) electrons. The Morgan fingerprint density at radius 2 is 1.96 bits per heavy atom. The maximum Gasteiger partial charge on any atom is 0.319 e. The summed E-state index contributed by atoms with van der Waals surface area (Å²) in [5.74, 6) is 0.0496. The van der Waals surface area contributed by atoms with Gasteiger partial charge in [-0.05, 0) is 19.9 Å². The molecule has 8 heteroatoms. The minimum Gasteiger partial charge on any atom is -0.475 e. The standard InChI is InChI=1S/C15H23N3O5/c1-15(2,9-13(19)22-4)18-14(20)17-11-5-6-12(16-10-11)23-8-7-21-3/h5-6,10H,7-9H2,1-4H3,(H2,17,18,20). The summed E-state index contributed by atoms with van der Waals surface area (Å²) in [5, 5.41) is 5.34. The highest BCUT2D eigenvalue weighted by molar-refractivity contribution is 5.90. The summed E-state index contributed by atoms with van der Waals surface area (Å²) in [6.45, 7) is 4.33. The Labute approximate surface area is 135 Å². The Morgan fingerprint density at radius 3 is 2.52 bits per heavy atom. The maximum absolute atomic E-state index is 11.9. The molecule has 1 aromatic heterocycles. The second-order valence-electron chi connectivity index (χ2n) is 5.44. The van der Waals surface area contributed by atoms with Gasteiger partial charge in [-0.1, -0.05) is 0 Å². The second-order valence-corrected chi connectivity index (χ2v) is 5.44. The van der Waals surface area contributed by atoms with Crippen LogP contribution in [0.5, 0.6) is 5.88 Å². The summed E-state index contributed by atoms with van der Waals surface area (Å²) in [5.41, 5.74) is -0.219. The van der Waals surface area contributed by atoms with Gasteiger partial charge in [0.2, 0.25) is 5.88 Å². The number of carbonyl (C=O) groups excluding carboxylic acids is 2. The zero-order valence-electron chi connectivity index (χ0n) is 13.8. The molecule has 0 aromatic carbocycles. The Kier molecular flexibility index (Phi) is 7.27. The number of rotatable bonds is 8. The predicted octanol–water partition coefficient (Wildman–Crippen LogP) is 1.57. The molecule has 1 aromatic rings. The lowest BCUT2D eigenvalue weighted by Gasteiger charge is -2.25. The molecule has 0 aliphatic carbocycles. The predicted molar refractivity (Wildman–Crippen MR) is 84.5 cm³/mol. The Hall–Kier alpha value is -2.35. The SMILES string of the molecule is COCCOc1ccc(NC(=O)NC(C)(C)CC(=O)OC)cn1. The molecular weight excluding hydrogens is 302 g/mol. The highest BCUT2D eigenvalue weighted by Crippen LogP contribution is 2.13. The van der Waals surface area contributed by atoms with E-state index in [1.54, 1.807) is 33.1 Å². The van der Waals surface area contributed by atoms with Gasteiger partial charge in [-0.2, -0.15) is 0 Å². The van der Waals surface area contributed by atoms with Crippen LogP contribution in [0.3, 0.4) is 0 Å². The quantitative estimate of drug-likeness (QED) is 0.556. The molecule has 2 N–H and O–H groups in total. The van der Waals surface area contributed by atoms with E-state index >= 15 is 0 Å².